The molecule has 0 aromatic heterocycles. The molecule has 1 rings (SSSR count). The average molecular weight is 570 g/mol. The predicted molar refractivity (Wildman–Crippen MR) is 144 cm³/mol. The molecule has 1 aromatic rings. The minimum atomic E-state index is -1.87. The molecule has 0 amide bonds. The van der Waals surface area contributed by atoms with Crippen LogP contribution in [0.4, 0.5) is 14.4 Å². The van der Waals surface area contributed by atoms with E-state index in [1.165, 1.54) is 25.1 Å². The van der Waals surface area contributed by atoms with E-state index < -0.39 is 48.3 Å². The van der Waals surface area contributed by atoms with Crippen LogP contribution in [0.1, 0.15) is 85.6 Å². The Morgan fingerprint density at radius 1 is 0.800 bits per heavy atom. The fourth-order valence-corrected chi connectivity index (χ4v) is 3.85. The molecule has 0 saturated carbocycles. The second kappa shape index (κ2) is 17.2. The Bertz CT molecular complexity index is 983. The molecule has 0 aliphatic heterocycles. The average Bonchev–Trinajstić information content (AvgIpc) is 2.84. The summed E-state index contributed by atoms with van der Waals surface area (Å²) >= 11 is 0. The number of ether oxygens (including phenoxy) is 6. The molecule has 0 fully saturated rings. The summed E-state index contributed by atoms with van der Waals surface area (Å²) in [6.45, 7) is 10.8. The summed E-state index contributed by atoms with van der Waals surface area (Å²) in [5.41, 5.74) is 4.71. The number of aliphatic carboxylic acids is 1. The molecule has 226 valence electrons. The Labute approximate surface area is 235 Å². The van der Waals surface area contributed by atoms with Crippen molar-refractivity contribution in [3.05, 3.63) is 23.8 Å². The highest BCUT2D eigenvalue weighted by atomic mass is 16.8. The lowest BCUT2D eigenvalue weighted by Crippen LogP contribution is -2.52. The van der Waals surface area contributed by atoms with Crippen LogP contribution in [0.25, 0.3) is 0 Å². The second-order valence-corrected chi connectivity index (χ2v) is 9.79. The minimum absolute atomic E-state index is 0.133. The summed E-state index contributed by atoms with van der Waals surface area (Å²) in [5, 5.41) is 9.90. The fraction of sp³-hybridized carbons (Fsp3) is 0.643. The number of carbonyl (C=O) groups excluding carboxylic acids is 3. The highest BCUT2D eigenvalue weighted by Crippen LogP contribution is 2.32. The molecule has 3 N–H and O–H groups in total. The lowest BCUT2D eigenvalue weighted by Gasteiger charge is -2.28. The second-order valence-electron chi connectivity index (χ2n) is 9.79. The number of carbonyl (C=O) groups is 4. The third-order valence-electron chi connectivity index (χ3n) is 5.70. The zero-order valence-electron chi connectivity index (χ0n) is 24.2. The smallest absolute Gasteiger partial charge is 0.480 e. The van der Waals surface area contributed by atoms with Crippen LogP contribution >= 0.6 is 0 Å². The normalized spacial score (nSPS) is 14.6. The quantitative estimate of drug-likeness (QED) is 0.140. The van der Waals surface area contributed by atoms with Crippen molar-refractivity contribution in [3.8, 4) is 11.5 Å². The first-order valence-corrected chi connectivity index (χ1v) is 13.6. The Kier molecular flexibility index (Phi) is 14.8. The van der Waals surface area contributed by atoms with Crippen LogP contribution in [0.3, 0.4) is 0 Å². The Morgan fingerprint density at radius 3 is 1.82 bits per heavy atom. The minimum Gasteiger partial charge on any atom is -0.480 e. The monoisotopic (exact) mass is 569 g/mol. The molecule has 0 heterocycles. The van der Waals surface area contributed by atoms with Crippen LogP contribution in [0.2, 0.25) is 0 Å². The summed E-state index contributed by atoms with van der Waals surface area (Å²) in [5.74, 6) is -1.66. The molecule has 40 heavy (non-hydrogen) atoms. The van der Waals surface area contributed by atoms with E-state index >= 15 is 0 Å². The Balaban J connectivity index is 3.18. The van der Waals surface area contributed by atoms with Gasteiger partial charge in [0.2, 0.25) is 0 Å². The van der Waals surface area contributed by atoms with Crippen molar-refractivity contribution in [2.45, 2.75) is 110 Å². The maximum Gasteiger partial charge on any atom is 0.514 e. The third kappa shape index (κ3) is 12.5. The maximum absolute atomic E-state index is 12.4. The van der Waals surface area contributed by atoms with Gasteiger partial charge in [-0.25, -0.2) is 14.4 Å². The molecule has 0 spiro atoms. The van der Waals surface area contributed by atoms with Gasteiger partial charge in [-0.05, 0) is 57.7 Å². The van der Waals surface area contributed by atoms with Crippen molar-refractivity contribution < 1.29 is 52.7 Å². The summed E-state index contributed by atoms with van der Waals surface area (Å²) in [6, 6.07) is 4.14. The molecule has 3 unspecified atom stereocenters. The van der Waals surface area contributed by atoms with E-state index in [-0.39, 0.29) is 30.9 Å². The van der Waals surface area contributed by atoms with E-state index in [1.807, 2.05) is 20.8 Å². The van der Waals surface area contributed by atoms with Crippen molar-refractivity contribution in [2.75, 3.05) is 6.61 Å². The molecule has 12 nitrogen and oxygen atoms in total. The third-order valence-corrected chi connectivity index (χ3v) is 5.70. The summed E-state index contributed by atoms with van der Waals surface area (Å²) in [6.07, 6.45) is -1.68. The van der Waals surface area contributed by atoms with Crippen molar-refractivity contribution >= 4 is 24.4 Å². The highest BCUT2D eigenvalue weighted by molar-refractivity contribution is 5.79. The van der Waals surface area contributed by atoms with Gasteiger partial charge in [-0.15, -0.1) is 0 Å². The number of hydrogen-bond acceptors (Lipinski definition) is 11. The van der Waals surface area contributed by atoms with Crippen LogP contribution in [0.5, 0.6) is 11.5 Å². The Hall–Kier alpha value is -3.54. The summed E-state index contributed by atoms with van der Waals surface area (Å²) in [4.78, 5) is 48.7. The zero-order valence-corrected chi connectivity index (χ0v) is 24.2. The number of nitrogens with two attached hydrogens (primary N) is 1. The molecule has 1 aromatic carbocycles. The van der Waals surface area contributed by atoms with E-state index in [0.717, 1.165) is 12.8 Å². The maximum atomic E-state index is 12.4. The van der Waals surface area contributed by atoms with Crippen molar-refractivity contribution in [1.82, 2.24) is 0 Å². The molecule has 12 heteroatoms. The molecule has 0 radical (unpaired) electrons. The van der Waals surface area contributed by atoms with Crippen molar-refractivity contribution in [2.24, 2.45) is 5.73 Å². The molecule has 0 saturated heterocycles. The standard InChI is InChI=1S/C28H43NO11/c1-7-10-18(4)36-26(33)39-22-13-12-21(15-23(22)40-27(34)37-19(5)11-8-2)17-28(29,24(30)31)16-20(6)38-25(32)35-14-9-3/h12-13,15,18-20H,7-11,14,16-17,29H2,1-6H3,(H,30,31)/t18?,19?,20-,28?/m0/s1. The van der Waals surface area contributed by atoms with Gasteiger partial charge in [-0.3, -0.25) is 4.79 Å². The van der Waals surface area contributed by atoms with Gasteiger partial charge in [-0.2, -0.15) is 0 Å². The van der Waals surface area contributed by atoms with E-state index in [0.29, 0.717) is 24.8 Å². The van der Waals surface area contributed by atoms with Crippen molar-refractivity contribution in [3.63, 3.8) is 0 Å². The van der Waals surface area contributed by atoms with Gasteiger partial charge >= 0.3 is 24.4 Å². The predicted octanol–water partition coefficient (Wildman–Crippen LogP) is 5.76. The summed E-state index contributed by atoms with van der Waals surface area (Å²) < 4.78 is 31.0. The van der Waals surface area contributed by atoms with Crippen LogP contribution in [0.15, 0.2) is 18.2 Å². The largest absolute Gasteiger partial charge is 0.514 e. The van der Waals surface area contributed by atoms with Crippen LogP contribution in [-0.2, 0) is 30.2 Å². The number of hydrogen-bond donors (Lipinski definition) is 2. The van der Waals surface area contributed by atoms with E-state index in [1.54, 1.807) is 13.8 Å². The van der Waals surface area contributed by atoms with Crippen LogP contribution in [0, 0.1) is 0 Å². The van der Waals surface area contributed by atoms with E-state index in [2.05, 4.69) is 0 Å². The van der Waals surface area contributed by atoms with Crippen LogP contribution in [-0.4, -0.2) is 60.0 Å². The molecule has 0 aliphatic carbocycles. The first-order chi connectivity index (χ1) is 18.8. The number of carboxylic acids is 1. The van der Waals surface area contributed by atoms with Gasteiger partial charge in [0.05, 0.1) is 6.61 Å². The highest BCUT2D eigenvalue weighted by Gasteiger charge is 2.37. The molecule has 0 bridgehead atoms. The number of carboxylic acid groups (broad SMARTS) is 1. The molecule has 0 aliphatic rings. The van der Waals surface area contributed by atoms with Gasteiger partial charge < -0.3 is 39.3 Å². The van der Waals surface area contributed by atoms with Gasteiger partial charge in [0.25, 0.3) is 0 Å². The molecular formula is C28H43NO11. The van der Waals surface area contributed by atoms with E-state index in [9.17, 15) is 24.3 Å². The zero-order chi connectivity index (χ0) is 30.3. The van der Waals surface area contributed by atoms with Crippen LogP contribution < -0.4 is 15.2 Å². The van der Waals surface area contributed by atoms with E-state index in [4.69, 9.17) is 34.2 Å². The number of benzene rings is 1. The first-order valence-electron chi connectivity index (χ1n) is 13.6. The van der Waals surface area contributed by atoms with Gasteiger partial charge in [0.15, 0.2) is 11.5 Å². The fourth-order valence-electron chi connectivity index (χ4n) is 3.85. The first kappa shape index (κ1) is 34.5. The molecule has 4 atom stereocenters. The lowest BCUT2D eigenvalue weighted by atomic mass is 9.86. The van der Waals surface area contributed by atoms with Gasteiger partial charge in [0.1, 0.15) is 23.9 Å². The topological polar surface area (TPSA) is 170 Å². The Morgan fingerprint density at radius 2 is 1.32 bits per heavy atom. The number of rotatable bonds is 16. The molecular weight excluding hydrogens is 526 g/mol. The van der Waals surface area contributed by atoms with Gasteiger partial charge in [0, 0.05) is 12.8 Å². The summed E-state index contributed by atoms with van der Waals surface area (Å²) in [7, 11) is 0. The van der Waals surface area contributed by atoms with Gasteiger partial charge in [-0.1, -0.05) is 39.7 Å². The SMILES string of the molecule is CCCOC(=O)O[C@@H](C)CC(N)(Cc1ccc(OC(=O)OC(C)CCC)c(OC(=O)OC(C)CCC)c1)C(=O)O. The van der Waals surface area contributed by atoms with Crippen molar-refractivity contribution in [1.29, 1.82) is 0 Å². The lowest BCUT2D eigenvalue weighted by molar-refractivity contribution is -0.144.